The zero-order valence-electron chi connectivity index (χ0n) is 11.6. The Bertz CT molecular complexity index is 433. The molecule has 1 saturated carbocycles. The molecule has 0 aromatic heterocycles. The monoisotopic (exact) mass is 299 g/mol. The number of nitrogens with one attached hydrogen (secondary N) is 1. The van der Waals surface area contributed by atoms with Crippen molar-refractivity contribution < 1.29 is 14.4 Å². The van der Waals surface area contributed by atoms with Gasteiger partial charge in [-0.15, -0.1) is 0 Å². The fraction of sp³-hybridized carbons (Fsp3) is 0.769. The summed E-state index contributed by atoms with van der Waals surface area (Å²) in [7, 11) is 0. The molecule has 3 amide bonds. The smallest absolute Gasteiger partial charge is 0.241 e. The van der Waals surface area contributed by atoms with Gasteiger partial charge in [-0.05, 0) is 25.7 Å². The number of nitrogens with two attached hydrogens (primary N) is 1. The highest BCUT2D eigenvalue weighted by molar-refractivity contribution is 7.80. The Balaban J connectivity index is 1.92. The summed E-state index contributed by atoms with van der Waals surface area (Å²) in [5.74, 6) is -0.269. The normalized spacial score (nSPS) is 30.8. The largest absolute Gasteiger partial charge is 0.368 e. The third-order valence-corrected chi connectivity index (χ3v) is 4.76. The van der Waals surface area contributed by atoms with Gasteiger partial charge in [0.2, 0.25) is 17.7 Å². The van der Waals surface area contributed by atoms with Crippen LogP contribution in [0.5, 0.6) is 0 Å². The second kappa shape index (κ2) is 5.63. The lowest BCUT2D eigenvalue weighted by Crippen LogP contribution is -2.68. The van der Waals surface area contributed by atoms with Gasteiger partial charge in [-0.25, -0.2) is 0 Å². The summed E-state index contributed by atoms with van der Waals surface area (Å²) in [6, 6.07) is -0.443. The molecule has 1 aliphatic heterocycles. The van der Waals surface area contributed by atoms with Crippen LogP contribution in [0.3, 0.4) is 0 Å². The molecule has 1 saturated heterocycles. The molecule has 2 aliphatic rings. The van der Waals surface area contributed by atoms with Crippen molar-refractivity contribution in [1.29, 1.82) is 0 Å². The number of primary amides is 1. The molecule has 0 aromatic carbocycles. The number of nitrogens with zero attached hydrogens (tertiary/aromatic N) is 1. The number of hydrogen-bond acceptors (Lipinski definition) is 4. The van der Waals surface area contributed by atoms with Gasteiger partial charge >= 0.3 is 0 Å². The third kappa shape index (κ3) is 2.63. The summed E-state index contributed by atoms with van der Waals surface area (Å²) < 4.78 is 0. The maximum atomic E-state index is 12.4. The van der Waals surface area contributed by atoms with Gasteiger partial charge < -0.3 is 16.0 Å². The van der Waals surface area contributed by atoms with Gasteiger partial charge in [0, 0.05) is 25.3 Å². The van der Waals surface area contributed by atoms with Crippen LogP contribution in [0.25, 0.3) is 0 Å². The van der Waals surface area contributed by atoms with E-state index in [4.69, 9.17) is 5.73 Å². The van der Waals surface area contributed by atoms with Gasteiger partial charge in [-0.3, -0.25) is 14.4 Å². The first kappa shape index (κ1) is 15.2. The minimum Gasteiger partial charge on any atom is -0.368 e. The molecule has 3 N–H and O–H groups in total. The van der Waals surface area contributed by atoms with E-state index in [-0.39, 0.29) is 29.0 Å². The molecule has 1 heterocycles. The van der Waals surface area contributed by atoms with Crippen molar-refractivity contribution in [2.75, 3.05) is 12.3 Å². The number of thiol groups is 1. The first-order valence-corrected chi connectivity index (χ1v) is 7.51. The lowest BCUT2D eigenvalue weighted by molar-refractivity contribution is -0.170. The molecule has 20 heavy (non-hydrogen) atoms. The molecular formula is C13H21N3O3S. The van der Waals surface area contributed by atoms with E-state index in [1.54, 1.807) is 0 Å². The molecule has 1 atom stereocenters. The van der Waals surface area contributed by atoms with E-state index >= 15 is 0 Å². The molecule has 1 spiro atoms. The van der Waals surface area contributed by atoms with E-state index in [1.165, 1.54) is 11.8 Å². The van der Waals surface area contributed by atoms with E-state index in [1.807, 2.05) is 0 Å². The Hall–Kier alpha value is -1.24. The highest BCUT2D eigenvalue weighted by Gasteiger charge is 2.55. The maximum absolute atomic E-state index is 12.4. The van der Waals surface area contributed by atoms with Crippen LogP contribution in [0.4, 0.5) is 0 Å². The third-order valence-electron chi connectivity index (χ3n) is 4.42. The minimum atomic E-state index is -0.607. The molecule has 0 bridgehead atoms. The van der Waals surface area contributed by atoms with Gasteiger partial charge in [0.05, 0.1) is 5.41 Å². The van der Waals surface area contributed by atoms with Crippen LogP contribution in [0.1, 0.15) is 32.6 Å². The summed E-state index contributed by atoms with van der Waals surface area (Å²) in [4.78, 5) is 36.2. The summed E-state index contributed by atoms with van der Waals surface area (Å²) in [6.07, 6.45) is 3.12. The van der Waals surface area contributed by atoms with Gasteiger partial charge in [-0.1, -0.05) is 0 Å². The van der Waals surface area contributed by atoms with E-state index < -0.39 is 11.9 Å². The Morgan fingerprint density at radius 3 is 2.50 bits per heavy atom. The van der Waals surface area contributed by atoms with E-state index in [0.717, 1.165) is 25.7 Å². The lowest BCUT2D eigenvalue weighted by Gasteiger charge is -2.53. The Morgan fingerprint density at radius 2 is 2.10 bits per heavy atom. The van der Waals surface area contributed by atoms with Gasteiger partial charge in [0.25, 0.3) is 0 Å². The zero-order valence-corrected chi connectivity index (χ0v) is 12.5. The highest BCUT2D eigenvalue weighted by atomic mass is 32.1. The molecule has 7 heteroatoms. The van der Waals surface area contributed by atoms with Crippen molar-refractivity contribution in [3.63, 3.8) is 0 Å². The average Bonchev–Trinajstić information content (AvgIpc) is 2.39. The summed E-state index contributed by atoms with van der Waals surface area (Å²) >= 11 is 4.08. The number of amides is 3. The average molecular weight is 299 g/mol. The topological polar surface area (TPSA) is 92.5 Å². The van der Waals surface area contributed by atoms with Gasteiger partial charge in [0.1, 0.15) is 6.04 Å². The molecular weight excluding hydrogens is 278 g/mol. The molecule has 0 radical (unpaired) electrons. The fourth-order valence-corrected chi connectivity index (χ4v) is 3.62. The zero-order chi connectivity index (χ0) is 14.9. The van der Waals surface area contributed by atoms with Crippen molar-refractivity contribution in [2.45, 2.75) is 44.7 Å². The Morgan fingerprint density at radius 1 is 1.50 bits per heavy atom. The van der Waals surface area contributed by atoms with Crippen molar-refractivity contribution in [3.05, 3.63) is 0 Å². The molecule has 6 nitrogen and oxygen atoms in total. The van der Waals surface area contributed by atoms with Crippen LogP contribution < -0.4 is 11.1 Å². The number of carbonyl (C=O) groups is 3. The highest BCUT2D eigenvalue weighted by Crippen LogP contribution is 2.45. The number of likely N-dealkylation sites (tertiary alicyclic amines) is 1. The van der Waals surface area contributed by atoms with Crippen molar-refractivity contribution in [3.8, 4) is 0 Å². The first-order valence-electron chi connectivity index (χ1n) is 6.88. The van der Waals surface area contributed by atoms with Crippen molar-refractivity contribution in [2.24, 2.45) is 11.1 Å². The maximum Gasteiger partial charge on any atom is 0.241 e. The minimum absolute atomic E-state index is 0.0108. The van der Waals surface area contributed by atoms with Crippen LogP contribution in [0.2, 0.25) is 0 Å². The molecule has 2 rings (SSSR count). The number of rotatable bonds is 4. The lowest BCUT2D eigenvalue weighted by atomic mass is 9.66. The Kier molecular flexibility index (Phi) is 4.27. The summed E-state index contributed by atoms with van der Waals surface area (Å²) in [6.45, 7) is 2.08. The predicted octanol–water partition coefficient (Wildman–Crippen LogP) is -0.323. The summed E-state index contributed by atoms with van der Waals surface area (Å²) in [5, 5.41) is 2.90. The number of β-lactam (4-membered cyclic amide) rings is 1. The predicted molar refractivity (Wildman–Crippen MR) is 77.1 cm³/mol. The van der Waals surface area contributed by atoms with Gasteiger partial charge in [-0.2, -0.15) is 12.6 Å². The van der Waals surface area contributed by atoms with Crippen molar-refractivity contribution in [1.82, 2.24) is 10.2 Å². The van der Waals surface area contributed by atoms with Crippen LogP contribution >= 0.6 is 12.6 Å². The second-order valence-corrected chi connectivity index (χ2v) is 6.15. The molecule has 0 aromatic rings. The first-order chi connectivity index (χ1) is 9.39. The van der Waals surface area contributed by atoms with Crippen LogP contribution in [-0.2, 0) is 14.4 Å². The molecule has 2 fully saturated rings. The van der Waals surface area contributed by atoms with Gasteiger partial charge in [0.15, 0.2) is 0 Å². The van der Waals surface area contributed by atoms with E-state index in [0.29, 0.717) is 6.54 Å². The van der Waals surface area contributed by atoms with E-state index in [2.05, 4.69) is 17.9 Å². The van der Waals surface area contributed by atoms with Crippen LogP contribution in [0.15, 0.2) is 0 Å². The molecule has 1 aliphatic carbocycles. The number of hydrogen-bond donors (Lipinski definition) is 3. The summed E-state index contributed by atoms with van der Waals surface area (Å²) in [5.41, 5.74) is 4.94. The van der Waals surface area contributed by atoms with Crippen LogP contribution in [0, 0.1) is 5.41 Å². The van der Waals surface area contributed by atoms with Crippen LogP contribution in [-0.4, -0.2) is 47.0 Å². The molecule has 1 unspecified atom stereocenters. The SMILES string of the molecule is CC(=O)NC1CCC2(CC1)CN(C(CS)C(N)=O)C2=O. The number of carbonyl (C=O) groups excluding carboxylic acids is 3. The molecule has 112 valence electrons. The van der Waals surface area contributed by atoms with Crippen molar-refractivity contribution >= 4 is 30.4 Å². The van der Waals surface area contributed by atoms with E-state index in [9.17, 15) is 14.4 Å². The Labute approximate surface area is 123 Å². The fourth-order valence-electron chi connectivity index (χ4n) is 3.25. The quantitative estimate of drug-likeness (QED) is 0.490. The second-order valence-electron chi connectivity index (χ2n) is 5.79. The standard InChI is InChI=1S/C13H21N3O3S/c1-8(17)15-9-2-4-13(5-3-9)7-16(12(13)19)10(6-20)11(14)18/h9-10,20H,2-7H2,1H3,(H2,14,18)(H,15,17).